The molecule has 0 saturated carbocycles. The van der Waals surface area contributed by atoms with Gasteiger partial charge in [0.1, 0.15) is 9.09 Å². The smallest absolute Gasteiger partial charge is 0.350 e. The van der Waals surface area contributed by atoms with E-state index in [1.165, 1.54) is 10.4 Å². The maximum atomic E-state index is 12.8. The summed E-state index contributed by atoms with van der Waals surface area (Å²) in [4.78, 5) is 29.9. The van der Waals surface area contributed by atoms with Gasteiger partial charge in [0.25, 0.3) is 15.9 Å². The van der Waals surface area contributed by atoms with Gasteiger partial charge in [-0.1, -0.05) is 22.9 Å². The molecule has 1 saturated heterocycles. The van der Waals surface area contributed by atoms with E-state index in [1.54, 1.807) is 31.5 Å². The summed E-state index contributed by atoms with van der Waals surface area (Å²) in [7, 11) is -1.98. The van der Waals surface area contributed by atoms with Crippen LogP contribution in [0.5, 0.6) is 0 Å². The van der Waals surface area contributed by atoms with Gasteiger partial charge in [-0.25, -0.2) is 13.2 Å². The van der Waals surface area contributed by atoms with E-state index in [4.69, 9.17) is 16.3 Å². The van der Waals surface area contributed by atoms with Crippen molar-refractivity contribution in [3.8, 4) is 0 Å². The van der Waals surface area contributed by atoms with Gasteiger partial charge in [-0.15, -0.1) is 11.3 Å². The number of rotatable bonds is 5. The fraction of sp³-hybridized carbons (Fsp3) is 0.500. The fourth-order valence-corrected chi connectivity index (χ4v) is 7.30. The first-order chi connectivity index (χ1) is 14.1. The number of amides is 1. The Balaban J connectivity index is 1.82. The molecule has 0 N–H and O–H groups in total. The van der Waals surface area contributed by atoms with Crippen LogP contribution in [0, 0.1) is 12.8 Å². The molecule has 3 rings (SSSR count). The second-order valence-corrected chi connectivity index (χ2v) is 11.6. The molecule has 164 valence electrons. The van der Waals surface area contributed by atoms with Gasteiger partial charge in [0.05, 0.1) is 16.9 Å². The number of nitrogens with zero attached hydrogens (tertiary/aromatic N) is 3. The summed E-state index contributed by atoms with van der Waals surface area (Å²) in [5, 5.41) is 0. The molecule has 1 aliphatic heterocycles. The number of thiazole rings is 1. The van der Waals surface area contributed by atoms with E-state index < -0.39 is 27.8 Å². The van der Waals surface area contributed by atoms with E-state index >= 15 is 0 Å². The van der Waals surface area contributed by atoms with Crippen LogP contribution in [0.25, 0.3) is 0 Å². The van der Waals surface area contributed by atoms with Crippen LogP contribution in [-0.2, 0) is 26.6 Å². The number of esters is 1. The third-order valence-electron chi connectivity index (χ3n) is 4.85. The summed E-state index contributed by atoms with van der Waals surface area (Å²) < 4.78 is 34.3. The normalized spacial score (nSPS) is 18.5. The number of halogens is 1. The molecule has 1 aliphatic rings. The van der Waals surface area contributed by atoms with Gasteiger partial charge in [-0.3, -0.25) is 4.79 Å². The van der Waals surface area contributed by atoms with Crippen LogP contribution in [0.3, 0.4) is 0 Å². The standard InChI is InChI=1S/C18H22ClN3O5S3/c1-4-27-17(24)15-11(2)21(3)18(29-15)20-16(23)12-6-5-9-22(10-12)30(25,26)14-8-7-13(19)28-14/h7-8,12H,4-6,9-10H2,1-3H3. The van der Waals surface area contributed by atoms with Crippen molar-refractivity contribution in [2.24, 2.45) is 18.0 Å². The average molecular weight is 492 g/mol. The number of hydrogen-bond acceptors (Lipinski definition) is 7. The van der Waals surface area contributed by atoms with E-state index in [9.17, 15) is 18.0 Å². The van der Waals surface area contributed by atoms with Crippen molar-refractivity contribution >= 4 is 56.2 Å². The minimum atomic E-state index is -3.70. The quantitative estimate of drug-likeness (QED) is 0.599. The fourth-order valence-electron chi connectivity index (χ4n) is 3.12. The molecule has 0 bridgehead atoms. The van der Waals surface area contributed by atoms with Crippen LogP contribution in [-0.4, -0.2) is 48.9 Å². The van der Waals surface area contributed by atoms with Crippen LogP contribution in [0.4, 0.5) is 0 Å². The molecule has 1 unspecified atom stereocenters. The Morgan fingerprint density at radius 3 is 2.70 bits per heavy atom. The van der Waals surface area contributed by atoms with Gasteiger partial charge >= 0.3 is 5.97 Å². The Bertz CT molecular complexity index is 1130. The minimum absolute atomic E-state index is 0.0684. The molecule has 2 aromatic heterocycles. The maximum absolute atomic E-state index is 12.8. The van der Waals surface area contributed by atoms with Gasteiger partial charge in [-0.05, 0) is 38.8 Å². The zero-order chi connectivity index (χ0) is 22.1. The van der Waals surface area contributed by atoms with Crippen molar-refractivity contribution in [1.82, 2.24) is 8.87 Å². The topological polar surface area (TPSA) is 98.0 Å². The molecule has 0 spiro atoms. The van der Waals surface area contributed by atoms with E-state index in [1.807, 2.05) is 0 Å². The zero-order valence-electron chi connectivity index (χ0n) is 16.8. The lowest BCUT2D eigenvalue weighted by Gasteiger charge is -2.29. The Hall–Kier alpha value is -1.53. The van der Waals surface area contributed by atoms with Crippen molar-refractivity contribution in [1.29, 1.82) is 0 Å². The van der Waals surface area contributed by atoms with Crippen LogP contribution in [0.1, 0.15) is 35.1 Å². The Kier molecular flexibility index (Phi) is 7.18. The van der Waals surface area contributed by atoms with Gasteiger partial charge in [0.15, 0.2) is 4.80 Å². The summed E-state index contributed by atoms with van der Waals surface area (Å²) in [5.74, 6) is -1.39. The summed E-state index contributed by atoms with van der Waals surface area (Å²) >= 11 is 7.96. The highest BCUT2D eigenvalue weighted by molar-refractivity contribution is 7.91. The van der Waals surface area contributed by atoms with Gasteiger partial charge < -0.3 is 9.30 Å². The highest BCUT2D eigenvalue weighted by atomic mass is 35.5. The molecule has 0 aliphatic carbocycles. The number of ether oxygens (including phenoxy) is 1. The highest BCUT2D eigenvalue weighted by Gasteiger charge is 2.34. The lowest BCUT2D eigenvalue weighted by atomic mass is 9.99. The molecule has 1 amide bonds. The highest BCUT2D eigenvalue weighted by Crippen LogP contribution is 2.30. The van der Waals surface area contributed by atoms with Gasteiger partial charge in [0.2, 0.25) is 0 Å². The first kappa shape index (κ1) is 23.1. The lowest BCUT2D eigenvalue weighted by molar-refractivity contribution is -0.122. The Morgan fingerprint density at radius 2 is 2.07 bits per heavy atom. The summed E-state index contributed by atoms with van der Waals surface area (Å²) in [6.45, 7) is 4.16. The monoisotopic (exact) mass is 491 g/mol. The van der Waals surface area contributed by atoms with Crippen LogP contribution in [0.15, 0.2) is 21.3 Å². The average Bonchev–Trinajstić information content (AvgIpc) is 3.27. The Labute approximate surface area is 187 Å². The molecule has 0 radical (unpaired) electrons. The van der Waals surface area contributed by atoms with Crippen molar-refractivity contribution in [2.75, 3.05) is 19.7 Å². The van der Waals surface area contributed by atoms with Crippen LogP contribution >= 0.6 is 34.3 Å². The molecular formula is C18H22ClN3O5S3. The van der Waals surface area contributed by atoms with Crippen molar-refractivity contribution in [3.05, 3.63) is 31.8 Å². The number of carbonyl (C=O) groups is 2. The minimum Gasteiger partial charge on any atom is -0.462 e. The lowest BCUT2D eigenvalue weighted by Crippen LogP contribution is -2.42. The first-order valence-corrected chi connectivity index (χ1v) is 12.8. The summed E-state index contributed by atoms with van der Waals surface area (Å²) in [6, 6.07) is 3.02. The number of hydrogen-bond donors (Lipinski definition) is 0. The number of aromatic nitrogens is 1. The van der Waals surface area contributed by atoms with Crippen molar-refractivity contribution < 1.29 is 22.7 Å². The summed E-state index contributed by atoms with van der Waals surface area (Å²) in [5.41, 5.74) is 0.660. The molecule has 3 heterocycles. The van der Waals surface area contributed by atoms with Gasteiger partial charge in [-0.2, -0.15) is 9.30 Å². The van der Waals surface area contributed by atoms with Gasteiger partial charge in [0, 0.05) is 25.8 Å². The predicted octanol–water partition coefficient (Wildman–Crippen LogP) is 2.81. The second kappa shape index (κ2) is 9.31. The molecule has 2 aromatic rings. The summed E-state index contributed by atoms with van der Waals surface area (Å²) in [6.07, 6.45) is 1.12. The first-order valence-electron chi connectivity index (χ1n) is 9.32. The van der Waals surface area contributed by atoms with Crippen LogP contribution in [0.2, 0.25) is 4.34 Å². The second-order valence-electron chi connectivity index (χ2n) is 6.79. The SMILES string of the molecule is CCOC(=O)c1sc(=NC(=O)C2CCCN(S(=O)(=O)c3ccc(Cl)s3)C2)n(C)c1C. The molecule has 0 aromatic carbocycles. The maximum Gasteiger partial charge on any atom is 0.350 e. The number of piperidine rings is 1. The predicted molar refractivity (Wildman–Crippen MR) is 115 cm³/mol. The molecule has 1 fully saturated rings. The number of sulfonamides is 1. The van der Waals surface area contributed by atoms with E-state index in [0.29, 0.717) is 39.1 Å². The molecule has 30 heavy (non-hydrogen) atoms. The molecule has 8 nitrogen and oxygen atoms in total. The molecule has 12 heteroatoms. The number of thiophene rings is 1. The largest absolute Gasteiger partial charge is 0.462 e. The molecule has 1 atom stereocenters. The Morgan fingerprint density at radius 1 is 1.33 bits per heavy atom. The van der Waals surface area contributed by atoms with E-state index in [-0.39, 0.29) is 17.4 Å². The van der Waals surface area contributed by atoms with Crippen molar-refractivity contribution in [3.63, 3.8) is 0 Å². The van der Waals surface area contributed by atoms with E-state index in [2.05, 4.69) is 4.99 Å². The third-order valence-corrected chi connectivity index (χ3v) is 9.63. The van der Waals surface area contributed by atoms with Crippen LogP contribution < -0.4 is 4.80 Å². The number of carbonyl (C=O) groups excluding carboxylic acids is 2. The molecular weight excluding hydrogens is 470 g/mol. The van der Waals surface area contributed by atoms with E-state index in [0.717, 1.165) is 22.7 Å². The van der Waals surface area contributed by atoms with Crippen molar-refractivity contribution in [2.45, 2.75) is 30.9 Å². The third kappa shape index (κ3) is 4.70. The zero-order valence-corrected chi connectivity index (χ0v) is 20.0.